The molecule has 2 aromatic rings. The van der Waals surface area contributed by atoms with Crippen molar-refractivity contribution in [3.05, 3.63) is 42.1 Å². The summed E-state index contributed by atoms with van der Waals surface area (Å²) < 4.78 is 13.2. The Labute approximate surface area is 130 Å². The van der Waals surface area contributed by atoms with Crippen LogP contribution < -0.4 is 11.1 Å². The Hall–Kier alpha value is -2.01. The molecule has 1 heterocycles. The maximum Gasteiger partial charge on any atom is 0.132 e. The Bertz CT molecular complexity index is 623. The minimum Gasteiger partial charge on any atom is -0.382 e. The second-order valence-electron chi connectivity index (χ2n) is 5.69. The zero-order valence-corrected chi connectivity index (χ0v) is 12.6. The van der Waals surface area contributed by atoms with Crippen molar-refractivity contribution in [3.8, 4) is 11.3 Å². The minimum absolute atomic E-state index is 0.241. The van der Waals surface area contributed by atoms with Gasteiger partial charge in [-0.05, 0) is 50.1 Å². The molecule has 0 atom stereocenters. The van der Waals surface area contributed by atoms with E-state index in [2.05, 4.69) is 10.3 Å². The molecule has 0 amide bonds. The standard InChI is InChI=1S/C17H21FN4/c18-14-7-5-12(6-8-14)16-15(20-10-2-9-19)11-21-17(22-16)13-3-1-4-13/h5-8,11,13,20H,1-4,9-10,19H2. The molecule has 1 aliphatic rings. The number of nitrogens with one attached hydrogen (secondary N) is 1. The quantitative estimate of drug-likeness (QED) is 0.803. The molecule has 3 N–H and O–H groups in total. The van der Waals surface area contributed by atoms with Crippen LogP contribution in [0, 0.1) is 5.82 Å². The van der Waals surface area contributed by atoms with E-state index in [1.165, 1.54) is 18.6 Å². The fourth-order valence-corrected chi connectivity index (χ4v) is 2.54. The molecule has 0 saturated heterocycles. The molecule has 0 bridgehead atoms. The highest BCUT2D eigenvalue weighted by Gasteiger charge is 2.23. The van der Waals surface area contributed by atoms with Crippen LogP contribution in [0.5, 0.6) is 0 Å². The molecular weight excluding hydrogens is 279 g/mol. The first-order valence-corrected chi connectivity index (χ1v) is 7.85. The topological polar surface area (TPSA) is 63.8 Å². The van der Waals surface area contributed by atoms with Crippen LogP contribution >= 0.6 is 0 Å². The van der Waals surface area contributed by atoms with Crippen molar-refractivity contribution < 1.29 is 4.39 Å². The van der Waals surface area contributed by atoms with Gasteiger partial charge in [0.05, 0.1) is 17.6 Å². The summed E-state index contributed by atoms with van der Waals surface area (Å²) in [7, 11) is 0. The van der Waals surface area contributed by atoms with Crippen LogP contribution in [-0.2, 0) is 0 Å². The summed E-state index contributed by atoms with van der Waals surface area (Å²) in [6.45, 7) is 1.41. The van der Waals surface area contributed by atoms with E-state index in [4.69, 9.17) is 10.7 Å². The van der Waals surface area contributed by atoms with Gasteiger partial charge in [-0.25, -0.2) is 14.4 Å². The van der Waals surface area contributed by atoms with Crippen LogP contribution in [0.25, 0.3) is 11.3 Å². The van der Waals surface area contributed by atoms with Crippen LogP contribution in [-0.4, -0.2) is 23.1 Å². The SMILES string of the molecule is NCCCNc1cnc(C2CCC2)nc1-c1ccc(F)cc1. The second-order valence-corrected chi connectivity index (χ2v) is 5.69. The molecule has 4 nitrogen and oxygen atoms in total. The number of hydrogen-bond acceptors (Lipinski definition) is 4. The third-order valence-corrected chi connectivity index (χ3v) is 4.09. The van der Waals surface area contributed by atoms with Crippen LogP contribution in [0.1, 0.15) is 37.4 Å². The van der Waals surface area contributed by atoms with Crippen molar-refractivity contribution in [3.63, 3.8) is 0 Å². The van der Waals surface area contributed by atoms with Gasteiger partial charge in [0.1, 0.15) is 11.6 Å². The van der Waals surface area contributed by atoms with Gasteiger partial charge in [-0.2, -0.15) is 0 Å². The normalized spacial score (nSPS) is 14.6. The largest absolute Gasteiger partial charge is 0.382 e. The summed E-state index contributed by atoms with van der Waals surface area (Å²) in [6, 6.07) is 6.45. The zero-order valence-electron chi connectivity index (χ0n) is 12.6. The predicted molar refractivity (Wildman–Crippen MR) is 86.2 cm³/mol. The van der Waals surface area contributed by atoms with Gasteiger partial charge in [0.25, 0.3) is 0 Å². The maximum absolute atomic E-state index is 13.2. The van der Waals surface area contributed by atoms with Gasteiger partial charge in [-0.1, -0.05) is 6.42 Å². The number of benzene rings is 1. The Morgan fingerprint density at radius 3 is 2.64 bits per heavy atom. The van der Waals surface area contributed by atoms with E-state index in [0.29, 0.717) is 12.5 Å². The van der Waals surface area contributed by atoms with Gasteiger partial charge in [0, 0.05) is 18.0 Å². The van der Waals surface area contributed by atoms with Crippen molar-refractivity contribution in [1.29, 1.82) is 0 Å². The van der Waals surface area contributed by atoms with Crippen LogP contribution in [0.4, 0.5) is 10.1 Å². The van der Waals surface area contributed by atoms with Gasteiger partial charge >= 0.3 is 0 Å². The van der Waals surface area contributed by atoms with Gasteiger partial charge < -0.3 is 11.1 Å². The average Bonchev–Trinajstić information content (AvgIpc) is 2.48. The van der Waals surface area contributed by atoms with Crippen molar-refractivity contribution >= 4 is 5.69 Å². The van der Waals surface area contributed by atoms with E-state index >= 15 is 0 Å². The highest BCUT2D eigenvalue weighted by Crippen LogP contribution is 2.36. The number of halogens is 1. The zero-order chi connectivity index (χ0) is 15.4. The monoisotopic (exact) mass is 300 g/mol. The second kappa shape index (κ2) is 6.83. The van der Waals surface area contributed by atoms with Crippen molar-refractivity contribution in [1.82, 2.24) is 9.97 Å². The first-order chi connectivity index (χ1) is 10.8. The van der Waals surface area contributed by atoms with Crippen LogP contribution in [0.15, 0.2) is 30.5 Å². The number of hydrogen-bond donors (Lipinski definition) is 2. The lowest BCUT2D eigenvalue weighted by Crippen LogP contribution is -2.15. The molecule has 22 heavy (non-hydrogen) atoms. The Morgan fingerprint density at radius 2 is 2.00 bits per heavy atom. The number of nitrogens with zero attached hydrogens (tertiary/aromatic N) is 2. The summed E-state index contributed by atoms with van der Waals surface area (Å²) >= 11 is 0. The smallest absolute Gasteiger partial charge is 0.132 e. The lowest BCUT2D eigenvalue weighted by Gasteiger charge is -2.24. The number of anilines is 1. The maximum atomic E-state index is 13.2. The summed E-state index contributed by atoms with van der Waals surface area (Å²) in [4.78, 5) is 9.25. The first kappa shape index (κ1) is 14.9. The Morgan fingerprint density at radius 1 is 1.23 bits per heavy atom. The summed E-state index contributed by atoms with van der Waals surface area (Å²) in [6.07, 6.45) is 6.28. The third kappa shape index (κ3) is 3.25. The molecule has 1 fully saturated rings. The number of nitrogens with two attached hydrogens (primary N) is 1. The molecule has 0 aliphatic heterocycles. The molecule has 0 unspecified atom stereocenters. The molecule has 116 valence electrons. The van der Waals surface area contributed by atoms with Gasteiger partial charge in [0.15, 0.2) is 0 Å². The summed E-state index contributed by atoms with van der Waals surface area (Å²) in [5.41, 5.74) is 8.16. The predicted octanol–water partition coefficient (Wildman–Crippen LogP) is 3.31. The first-order valence-electron chi connectivity index (χ1n) is 7.85. The molecule has 1 aromatic heterocycles. The molecule has 0 radical (unpaired) electrons. The fourth-order valence-electron chi connectivity index (χ4n) is 2.54. The summed E-state index contributed by atoms with van der Waals surface area (Å²) in [5, 5.41) is 3.33. The van der Waals surface area contributed by atoms with Crippen LogP contribution in [0.2, 0.25) is 0 Å². The Kier molecular flexibility index (Phi) is 4.63. The number of rotatable bonds is 6. The van der Waals surface area contributed by atoms with Crippen LogP contribution in [0.3, 0.4) is 0 Å². The molecule has 0 spiro atoms. The fraction of sp³-hybridized carbons (Fsp3) is 0.412. The van der Waals surface area contributed by atoms with E-state index in [1.807, 2.05) is 6.20 Å². The van der Waals surface area contributed by atoms with E-state index in [-0.39, 0.29) is 5.82 Å². The third-order valence-electron chi connectivity index (χ3n) is 4.09. The highest BCUT2D eigenvalue weighted by molar-refractivity contribution is 5.73. The van der Waals surface area contributed by atoms with E-state index < -0.39 is 0 Å². The molecule has 1 aliphatic carbocycles. The highest BCUT2D eigenvalue weighted by atomic mass is 19.1. The average molecular weight is 300 g/mol. The molecule has 5 heteroatoms. The molecular formula is C17H21FN4. The van der Waals surface area contributed by atoms with Gasteiger partial charge in [0.2, 0.25) is 0 Å². The minimum atomic E-state index is -0.241. The molecule has 3 rings (SSSR count). The Balaban J connectivity index is 1.92. The van der Waals surface area contributed by atoms with Crippen molar-refractivity contribution in [2.75, 3.05) is 18.4 Å². The molecule has 1 saturated carbocycles. The van der Waals surface area contributed by atoms with Gasteiger partial charge in [-0.15, -0.1) is 0 Å². The van der Waals surface area contributed by atoms with E-state index in [9.17, 15) is 4.39 Å². The van der Waals surface area contributed by atoms with Crippen molar-refractivity contribution in [2.24, 2.45) is 5.73 Å². The van der Waals surface area contributed by atoms with E-state index in [0.717, 1.165) is 48.6 Å². The lowest BCUT2D eigenvalue weighted by atomic mass is 9.85. The van der Waals surface area contributed by atoms with E-state index in [1.54, 1.807) is 12.1 Å². The van der Waals surface area contributed by atoms with Crippen molar-refractivity contribution in [2.45, 2.75) is 31.6 Å². The number of aromatic nitrogens is 2. The lowest BCUT2D eigenvalue weighted by molar-refractivity contribution is 0.402. The molecule has 1 aromatic carbocycles. The van der Waals surface area contributed by atoms with Gasteiger partial charge in [-0.3, -0.25) is 0 Å². The summed E-state index contributed by atoms with van der Waals surface area (Å²) in [5.74, 6) is 1.13.